The molecule has 0 bridgehead atoms. The van der Waals surface area contributed by atoms with Gasteiger partial charge in [0, 0.05) is 22.9 Å². The van der Waals surface area contributed by atoms with Gasteiger partial charge in [0.25, 0.3) is 0 Å². The highest BCUT2D eigenvalue weighted by atomic mass is 16.6. The minimum absolute atomic E-state index is 0.0230. The molecule has 0 aliphatic heterocycles. The number of rotatable bonds is 5. The van der Waals surface area contributed by atoms with Gasteiger partial charge in [-0.25, -0.2) is 0 Å². The molecule has 0 aliphatic rings. The molecule has 0 saturated carbocycles. The van der Waals surface area contributed by atoms with Crippen molar-refractivity contribution in [3.05, 3.63) is 46.5 Å². The van der Waals surface area contributed by atoms with E-state index in [4.69, 9.17) is 9.15 Å². The van der Waals surface area contributed by atoms with Crippen molar-refractivity contribution in [3.8, 4) is 5.75 Å². The first-order valence-corrected chi connectivity index (χ1v) is 6.93. The molecule has 0 saturated heterocycles. The van der Waals surface area contributed by atoms with Crippen LogP contribution in [0.15, 0.2) is 40.8 Å². The zero-order valence-corrected chi connectivity index (χ0v) is 11.7. The zero-order chi connectivity index (χ0) is 14.8. The summed E-state index contributed by atoms with van der Waals surface area (Å²) < 4.78 is 11.3. The van der Waals surface area contributed by atoms with Crippen LogP contribution < -0.4 is 4.74 Å². The Morgan fingerprint density at radius 2 is 2.00 bits per heavy atom. The van der Waals surface area contributed by atoms with Gasteiger partial charge in [-0.05, 0) is 12.5 Å². The molecular formula is C16H15NO4. The van der Waals surface area contributed by atoms with E-state index in [-0.39, 0.29) is 11.4 Å². The Morgan fingerprint density at radius 1 is 1.19 bits per heavy atom. The van der Waals surface area contributed by atoms with Crippen LogP contribution in [0.1, 0.15) is 19.8 Å². The second-order valence-corrected chi connectivity index (χ2v) is 4.87. The molecule has 0 unspecified atom stereocenters. The van der Waals surface area contributed by atoms with Gasteiger partial charge < -0.3 is 9.15 Å². The first-order valence-electron chi connectivity index (χ1n) is 6.93. The Balaban J connectivity index is 2.15. The summed E-state index contributed by atoms with van der Waals surface area (Å²) in [6.07, 6.45) is 1.83. The van der Waals surface area contributed by atoms with Gasteiger partial charge in [0.05, 0.1) is 11.5 Å². The molecule has 108 valence electrons. The van der Waals surface area contributed by atoms with E-state index < -0.39 is 4.92 Å². The lowest BCUT2D eigenvalue weighted by Gasteiger charge is -2.05. The quantitative estimate of drug-likeness (QED) is 0.388. The lowest BCUT2D eigenvalue weighted by Crippen LogP contribution is -2.00. The Hall–Kier alpha value is -2.56. The van der Waals surface area contributed by atoms with Crippen molar-refractivity contribution < 1.29 is 14.1 Å². The van der Waals surface area contributed by atoms with Gasteiger partial charge in [0.2, 0.25) is 5.75 Å². The van der Waals surface area contributed by atoms with E-state index in [2.05, 4.69) is 0 Å². The van der Waals surface area contributed by atoms with Gasteiger partial charge in [-0.15, -0.1) is 0 Å². The molecule has 0 aliphatic carbocycles. The number of para-hydroxylation sites is 1. The number of nitro benzene ring substituents is 1. The summed E-state index contributed by atoms with van der Waals surface area (Å²) in [5.41, 5.74) is 1.30. The summed E-state index contributed by atoms with van der Waals surface area (Å²) in [7, 11) is 0. The summed E-state index contributed by atoms with van der Waals surface area (Å²) in [6, 6.07) is 10.6. The third-order valence-corrected chi connectivity index (χ3v) is 3.41. The molecule has 1 heterocycles. The van der Waals surface area contributed by atoms with Gasteiger partial charge >= 0.3 is 5.69 Å². The molecule has 1 aromatic heterocycles. The summed E-state index contributed by atoms with van der Waals surface area (Å²) >= 11 is 0. The highest BCUT2D eigenvalue weighted by Gasteiger charge is 2.19. The van der Waals surface area contributed by atoms with Crippen molar-refractivity contribution in [3.63, 3.8) is 0 Å². The van der Waals surface area contributed by atoms with Crippen LogP contribution in [0.4, 0.5) is 5.69 Å². The van der Waals surface area contributed by atoms with E-state index in [0.717, 1.165) is 23.6 Å². The molecule has 5 nitrogen and oxygen atoms in total. The van der Waals surface area contributed by atoms with Crippen molar-refractivity contribution in [2.75, 3.05) is 6.61 Å². The highest BCUT2D eigenvalue weighted by Crippen LogP contribution is 2.37. The fourth-order valence-electron chi connectivity index (χ4n) is 2.33. The predicted molar refractivity (Wildman–Crippen MR) is 80.8 cm³/mol. The summed E-state index contributed by atoms with van der Waals surface area (Å²) in [4.78, 5) is 10.8. The molecule has 5 heteroatoms. The number of ether oxygens (including phenoxy) is 1. The Labute approximate surface area is 121 Å². The van der Waals surface area contributed by atoms with E-state index in [0.29, 0.717) is 17.8 Å². The maximum Gasteiger partial charge on any atom is 0.311 e. The molecule has 3 rings (SSSR count). The first-order chi connectivity index (χ1) is 10.2. The molecule has 2 aromatic carbocycles. The van der Waals surface area contributed by atoms with E-state index in [1.165, 1.54) is 6.07 Å². The van der Waals surface area contributed by atoms with Crippen molar-refractivity contribution in [1.29, 1.82) is 0 Å². The number of nitrogens with zero attached hydrogens (tertiary/aromatic N) is 1. The minimum Gasteiger partial charge on any atom is -0.487 e. The van der Waals surface area contributed by atoms with Crippen molar-refractivity contribution in [1.82, 2.24) is 0 Å². The van der Waals surface area contributed by atoms with Crippen LogP contribution >= 0.6 is 0 Å². The highest BCUT2D eigenvalue weighted by molar-refractivity contribution is 6.06. The van der Waals surface area contributed by atoms with E-state index in [9.17, 15) is 10.1 Å². The van der Waals surface area contributed by atoms with Crippen LogP contribution in [0, 0.1) is 10.1 Å². The van der Waals surface area contributed by atoms with Crippen LogP contribution in [0.5, 0.6) is 5.75 Å². The normalized spacial score (nSPS) is 11.1. The maximum atomic E-state index is 11.3. The second-order valence-electron chi connectivity index (χ2n) is 4.87. The molecule has 0 spiro atoms. The number of benzene rings is 2. The lowest BCUT2D eigenvalue weighted by atomic mass is 10.1. The molecule has 21 heavy (non-hydrogen) atoms. The van der Waals surface area contributed by atoms with Crippen LogP contribution in [-0.4, -0.2) is 11.5 Å². The van der Waals surface area contributed by atoms with Gasteiger partial charge in [-0.3, -0.25) is 10.1 Å². The molecule has 0 fully saturated rings. The number of fused-ring (bicyclic) bond motifs is 3. The number of nitro groups is 1. The third-order valence-electron chi connectivity index (χ3n) is 3.41. The summed E-state index contributed by atoms with van der Waals surface area (Å²) in [5, 5.41) is 12.9. The number of furan rings is 1. The van der Waals surface area contributed by atoms with Crippen LogP contribution in [0.3, 0.4) is 0 Å². The number of hydrogen-bond donors (Lipinski definition) is 0. The van der Waals surface area contributed by atoms with Gasteiger partial charge in [-0.2, -0.15) is 0 Å². The fraction of sp³-hybridized carbons (Fsp3) is 0.250. The van der Waals surface area contributed by atoms with Crippen molar-refractivity contribution in [2.24, 2.45) is 0 Å². The Kier molecular flexibility index (Phi) is 3.48. The van der Waals surface area contributed by atoms with E-state index >= 15 is 0 Å². The average Bonchev–Trinajstić information content (AvgIpc) is 2.84. The molecular weight excluding hydrogens is 270 g/mol. The van der Waals surface area contributed by atoms with E-state index in [1.54, 1.807) is 6.07 Å². The topological polar surface area (TPSA) is 65.5 Å². The van der Waals surface area contributed by atoms with Crippen LogP contribution in [-0.2, 0) is 0 Å². The monoisotopic (exact) mass is 285 g/mol. The third kappa shape index (κ3) is 2.42. The van der Waals surface area contributed by atoms with Gasteiger partial charge in [0.15, 0.2) is 0 Å². The largest absolute Gasteiger partial charge is 0.487 e. The molecule has 0 amide bonds. The second kappa shape index (κ2) is 5.44. The number of unbranched alkanes of at least 4 members (excludes halogenated alkanes) is 1. The van der Waals surface area contributed by atoms with Gasteiger partial charge in [-0.1, -0.05) is 31.5 Å². The standard InChI is InChI=1S/C16H15NO4/c1-2-3-8-20-16-10-15-12(9-13(16)17(18)19)11-6-4-5-7-14(11)21-15/h4-7,9-10H,2-3,8H2,1H3. The van der Waals surface area contributed by atoms with Crippen LogP contribution in [0.2, 0.25) is 0 Å². The Bertz CT molecular complexity index is 806. The summed E-state index contributed by atoms with van der Waals surface area (Å²) in [5.74, 6) is 0.264. The zero-order valence-electron chi connectivity index (χ0n) is 11.7. The molecule has 0 atom stereocenters. The SMILES string of the molecule is CCCCOc1cc2oc3ccccc3c2cc1[N+](=O)[O-]. The van der Waals surface area contributed by atoms with Gasteiger partial charge in [0.1, 0.15) is 11.2 Å². The van der Waals surface area contributed by atoms with Crippen molar-refractivity contribution in [2.45, 2.75) is 19.8 Å². The number of hydrogen-bond acceptors (Lipinski definition) is 4. The maximum absolute atomic E-state index is 11.3. The predicted octanol–water partition coefficient (Wildman–Crippen LogP) is 4.67. The fourth-order valence-corrected chi connectivity index (χ4v) is 2.33. The van der Waals surface area contributed by atoms with Crippen LogP contribution in [0.25, 0.3) is 21.9 Å². The first kappa shape index (κ1) is 13.4. The minimum atomic E-state index is -0.414. The summed E-state index contributed by atoms with van der Waals surface area (Å²) in [6.45, 7) is 2.50. The smallest absolute Gasteiger partial charge is 0.311 e. The van der Waals surface area contributed by atoms with Crippen molar-refractivity contribution >= 4 is 27.6 Å². The molecule has 3 aromatic rings. The van der Waals surface area contributed by atoms with E-state index in [1.807, 2.05) is 31.2 Å². The molecule has 0 radical (unpaired) electrons. The Morgan fingerprint density at radius 3 is 2.76 bits per heavy atom. The average molecular weight is 285 g/mol. The lowest BCUT2D eigenvalue weighted by molar-refractivity contribution is -0.385. The molecule has 0 N–H and O–H groups in total.